The van der Waals surface area contributed by atoms with E-state index >= 15 is 0 Å². The molecule has 2 aliphatic heterocycles. The first-order valence-electron chi connectivity index (χ1n) is 11.1. The molecule has 168 valence electrons. The van der Waals surface area contributed by atoms with Crippen LogP contribution in [0, 0.1) is 10.1 Å². The third-order valence-electron chi connectivity index (χ3n) is 7.29. The molecule has 0 bridgehead atoms. The Bertz CT molecular complexity index is 1090. The first-order valence-corrected chi connectivity index (χ1v) is 11.1. The van der Waals surface area contributed by atoms with E-state index in [-0.39, 0.29) is 22.7 Å². The maximum atomic E-state index is 11.7. The minimum absolute atomic E-state index is 0.0135. The number of hydrogen-bond acceptors (Lipinski definition) is 6. The fourth-order valence-corrected chi connectivity index (χ4v) is 5.63. The Labute approximate surface area is 186 Å². The summed E-state index contributed by atoms with van der Waals surface area (Å²) >= 11 is 0. The smallest absolute Gasteiger partial charge is 0.274 e. The molecule has 3 aliphatic rings. The van der Waals surface area contributed by atoms with Gasteiger partial charge in [0, 0.05) is 41.7 Å². The molecular formula is C24H27N3O5. The Hall–Kier alpha value is -3.13. The van der Waals surface area contributed by atoms with Crippen LogP contribution in [0.2, 0.25) is 0 Å². The molecule has 1 saturated carbocycles. The summed E-state index contributed by atoms with van der Waals surface area (Å²) in [6.45, 7) is 4.49. The van der Waals surface area contributed by atoms with Crippen LogP contribution in [-0.2, 0) is 12.0 Å². The molecule has 0 radical (unpaired) electrons. The van der Waals surface area contributed by atoms with Gasteiger partial charge in [0.2, 0.25) is 5.91 Å². The van der Waals surface area contributed by atoms with Crippen molar-refractivity contribution in [2.24, 2.45) is 5.73 Å². The second-order valence-corrected chi connectivity index (χ2v) is 9.12. The second-order valence-electron chi connectivity index (χ2n) is 9.12. The molecule has 0 aromatic heterocycles. The van der Waals surface area contributed by atoms with Gasteiger partial charge in [0.1, 0.15) is 13.2 Å². The second kappa shape index (κ2) is 7.78. The zero-order valence-corrected chi connectivity index (χ0v) is 18.1. The van der Waals surface area contributed by atoms with Crippen molar-refractivity contribution in [1.29, 1.82) is 0 Å². The molecule has 1 amide bonds. The molecule has 2 aromatic rings. The van der Waals surface area contributed by atoms with Crippen LogP contribution in [0.1, 0.15) is 65.7 Å². The molecule has 8 heteroatoms. The Kier molecular flexibility index (Phi) is 5.04. The highest BCUT2D eigenvalue weighted by atomic mass is 16.6. The number of amides is 1. The number of primary amides is 1. The average molecular weight is 437 g/mol. The lowest BCUT2D eigenvalue weighted by molar-refractivity contribution is -0.385. The summed E-state index contributed by atoms with van der Waals surface area (Å²) in [5.41, 5.74) is 8.55. The van der Waals surface area contributed by atoms with Crippen LogP contribution in [0.4, 0.5) is 5.69 Å². The number of rotatable bonds is 4. The van der Waals surface area contributed by atoms with E-state index in [0.29, 0.717) is 25.3 Å². The third kappa shape index (κ3) is 3.39. The summed E-state index contributed by atoms with van der Waals surface area (Å²) in [7, 11) is 0. The number of ether oxygens (including phenoxy) is 2. The van der Waals surface area contributed by atoms with Crippen LogP contribution in [0.15, 0.2) is 30.3 Å². The highest BCUT2D eigenvalue weighted by Gasteiger charge is 2.45. The molecule has 5 rings (SSSR count). The van der Waals surface area contributed by atoms with Gasteiger partial charge in [-0.1, -0.05) is 18.9 Å². The van der Waals surface area contributed by atoms with Gasteiger partial charge in [-0.3, -0.25) is 19.8 Å². The van der Waals surface area contributed by atoms with Crippen LogP contribution >= 0.6 is 0 Å². The van der Waals surface area contributed by atoms with Crippen molar-refractivity contribution >= 4 is 11.6 Å². The van der Waals surface area contributed by atoms with E-state index in [1.54, 1.807) is 12.1 Å². The van der Waals surface area contributed by atoms with E-state index in [1.165, 1.54) is 30.0 Å². The SMILES string of the molecule is CC1c2cc3c(cc2C2(CCCC2)CN1Cc1ccc(C(N)=O)cc1[N+](=O)[O-])OCCO3. The predicted octanol–water partition coefficient (Wildman–Crippen LogP) is 3.85. The number of nitro benzene ring substituents is 1. The summed E-state index contributed by atoms with van der Waals surface area (Å²) in [4.78, 5) is 25.1. The topological polar surface area (TPSA) is 108 Å². The maximum Gasteiger partial charge on any atom is 0.274 e. The summed E-state index contributed by atoms with van der Waals surface area (Å²) in [6.07, 6.45) is 4.52. The molecule has 1 unspecified atom stereocenters. The lowest BCUT2D eigenvalue weighted by Gasteiger charge is -2.46. The van der Waals surface area contributed by atoms with Gasteiger partial charge in [-0.2, -0.15) is 0 Å². The number of hydrogen-bond donors (Lipinski definition) is 1. The number of fused-ring (bicyclic) bond motifs is 3. The Morgan fingerprint density at radius 3 is 2.53 bits per heavy atom. The Balaban J connectivity index is 1.54. The van der Waals surface area contributed by atoms with E-state index in [1.807, 2.05) is 0 Å². The van der Waals surface area contributed by atoms with E-state index in [2.05, 4.69) is 24.0 Å². The molecule has 1 atom stereocenters. The van der Waals surface area contributed by atoms with Gasteiger partial charge in [0.15, 0.2) is 11.5 Å². The summed E-state index contributed by atoms with van der Waals surface area (Å²) in [5.74, 6) is 0.921. The van der Waals surface area contributed by atoms with Gasteiger partial charge >= 0.3 is 0 Å². The molecule has 2 aromatic carbocycles. The predicted molar refractivity (Wildman–Crippen MR) is 118 cm³/mol. The fourth-order valence-electron chi connectivity index (χ4n) is 5.63. The van der Waals surface area contributed by atoms with E-state index in [4.69, 9.17) is 15.2 Å². The molecule has 0 saturated heterocycles. The molecule has 32 heavy (non-hydrogen) atoms. The number of nitrogens with two attached hydrogens (primary N) is 1. The lowest BCUT2D eigenvalue weighted by atomic mass is 9.71. The maximum absolute atomic E-state index is 11.7. The van der Waals surface area contributed by atoms with Crippen molar-refractivity contribution in [3.05, 3.63) is 62.7 Å². The summed E-state index contributed by atoms with van der Waals surface area (Å²) in [5, 5.41) is 11.7. The third-order valence-corrected chi connectivity index (χ3v) is 7.29. The lowest BCUT2D eigenvalue weighted by Crippen LogP contribution is -2.45. The number of benzene rings is 2. The van der Waals surface area contributed by atoms with Crippen LogP contribution in [0.25, 0.3) is 0 Å². The van der Waals surface area contributed by atoms with Crippen LogP contribution in [0.5, 0.6) is 11.5 Å². The number of carbonyl (C=O) groups is 1. The van der Waals surface area contributed by atoms with Crippen molar-refractivity contribution in [2.75, 3.05) is 19.8 Å². The normalized spacial score (nSPS) is 21.3. The largest absolute Gasteiger partial charge is 0.486 e. The molecular weight excluding hydrogens is 410 g/mol. The highest BCUT2D eigenvalue weighted by molar-refractivity contribution is 5.93. The zero-order valence-electron chi connectivity index (χ0n) is 18.1. The van der Waals surface area contributed by atoms with Crippen LogP contribution < -0.4 is 15.2 Å². The quantitative estimate of drug-likeness (QED) is 0.575. The summed E-state index contributed by atoms with van der Waals surface area (Å²) in [6, 6.07) is 8.85. The molecule has 1 fully saturated rings. The average Bonchev–Trinajstić information content (AvgIpc) is 3.25. The van der Waals surface area contributed by atoms with Gasteiger partial charge in [0.25, 0.3) is 5.69 Å². The minimum Gasteiger partial charge on any atom is -0.486 e. The fraction of sp³-hybridized carbons (Fsp3) is 0.458. The van der Waals surface area contributed by atoms with Crippen molar-refractivity contribution in [1.82, 2.24) is 4.90 Å². The monoisotopic (exact) mass is 437 g/mol. The van der Waals surface area contributed by atoms with E-state index in [0.717, 1.165) is 30.9 Å². The zero-order chi connectivity index (χ0) is 22.5. The first-order chi connectivity index (χ1) is 15.4. The molecule has 1 aliphatic carbocycles. The molecule has 2 N–H and O–H groups in total. The van der Waals surface area contributed by atoms with Gasteiger partial charge in [-0.15, -0.1) is 0 Å². The van der Waals surface area contributed by atoms with E-state index in [9.17, 15) is 14.9 Å². The van der Waals surface area contributed by atoms with Crippen LogP contribution in [0.3, 0.4) is 0 Å². The number of carbonyl (C=O) groups excluding carboxylic acids is 1. The first kappa shape index (κ1) is 20.8. The minimum atomic E-state index is -0.670. The van der Waals surface area contributed by atoms with Crippen molar-refractivity contribution in [2.45, 2.75) is 50.6 Å². The number of nitrogens with zero attached hydrogens (tertiary/aromatic N) is 2. The number of nitro groups is 1. The standard InChI is InChI=1S/C24H27N3O5/c1-15-18-11-21-22(32-9-8-31-21)12-19(18)24(6-2-3-7-24)14-26(15)13-17-5-4-16(23(25)28)10-20(17)27(29)30/h4-5,10-12,15H,2-3,6-9,13-14H2,1H3,(H2,25,28). The van der Waals surface area contributed by atoms with Gasteiger partial charge < -0.3 is 15.2 Å². The van der Waals surface area contributed by atoms with Gasteiger partial charge in [-0.25, -0.2) is 0 Å². The summed E-state index contributed by atoms with van der Waals surface area (Å²) < 4.78 is 11.7. The van der Waals surface area contributed by atoms with Gasteiger partial charge in [0.05, 0.1) is 4.92 Å². The molecule has 8 nitrogen and oxygen atoms in total. The Morgan fingerprint density at radius 2 is 1.88 bits per heavy atom. The van der Waals surface area contributed by atoms with Crippen molar-refractivity contribution < 1.29 is 19.2 Å². The van der Waals surface area contributed by atoms with Crippen molar-refractivity contribution in [3.8, 4) is 11.5 Å². The molecule has 1 spiro atoms. The van der Waals surface area contributed by atoms with Crippen LogP contribution in [-0.4, -0.2) is 35.5 Å². The molecule has 2 heterocycles. The van der Waals surface area contributed by atoms with E-state index < -0.39 is 10.8 Å². The highest BCUT2D eigenvalue weighted by Crippen LogP contribution is 2.52. The Morgan fingerprint density at radius 1 is 1.19 bits per heavy atom. The van der Waals surface area contributed by atoms with Crippen molar-refractivity contribution in [3.63, 3.8) is 0 Å². The van der Waals surface area contributed by atoms with Gasteiger partial charge in [-0.05, 0) is 49.1 Å².